The zero-order valence-corrected chi connectivity index (χ0v) is 13.3. The molecule has 25 heavy (non-hydrogen) atoms. The Hall–Kier alpha value is -3.27. The summed E-state index contributed by atoms with van der Waals surface area (Å²) >= 11 is 0. The van der Waals surface area contributed by atoms with E-state index in [-0.39, 0.29) is 35.8 Å². The Balaban J connectivity index is 1.59. The predicted molar refractivity (Wildman–Crippen MR) is 86.6 cm³/mol. The molecular formula is C18H15FN4O2. The van der Waals surface area contributed by atoms with Gasteiger partial charge in [-0.15, -0.1) is 0 Å². The van der Waals surface area contributed by atoms with Crippen molar-refractivity contribution < 1.29 is 14.0 Å². The lowest BCUT2D eigenvalue weighted by Crippen LogP contribution is -2.37. The average Bonchev–Trinajstić information content (AvgIpc) is 2.96. The van der Waals surface area contributed by atoms with Gasteiger partial charge in [0, 0.05) is 25.7 Å². The van der Waals surface area contributed by atoms with Crippen LogP contribution in [0.15, 0.2) is 42.6 Å². The largest absolute Gasteiger partial charge is 0.347 e. The number of likely N-dealkylation sites (tertiary alicyclic amines) is 1. The number of pyridine rings is 1. The van der Waals surface area contributed by atoms with Gasteiger partial charge in [-0.2, -0.15) is 5.26 Å². The summed E-state index contributed by atoms with van der Waals surface area (Å²) in [4.78, 5) is 29.8. The van der Waals surface area contributed by atoms with E-state index < -0.39 is 0 Å². The third-order valence-electron chi connectivity index (χ3n) is 3.98. The molecule has 0 spiro atoms. The third-order valence-corrected chi connectivity index (χ3v) is 3.98. The van der Waals surface area contributed by atoms with Crippen LogP contribution < -0.4 is 5.32 Å². The first kappa shape index (κ1) is 16.6. The van der Waals surface area contributed by atoms with Crippen LogP contribution in [0.4, 0.5) is 4.39 Å². The SMILES string of the molecule is N#Cc1ccc(C(=O)N[C@@H]2CC(=O)N(Cc3ccc(F)cc3)C2)cn1. The molecule has 3 rings (SSSR count). The highest BCUT2D eigenvalue weighted by Gasteiger charge is 2.30. The number of rotatable bonds is 4. The highest BCUT2D eigenvalue weighted by Crippen LogP contribution is 2.16. The summed E-state index contributed by atoms with van der Waals surface area (Å²) in [6, 6.07) is 10.6. The van der Waals surface area contributed by atoms with E-state index in [0.717, 1.165) is 5.56 Å². The van der Waals surface area contributed by atoms with Gasteiger partial charge in [-0.1, -0.05) is 12.1 Å². The summed E-state index contributed by atoms with van der Waals surface area (Å²) in [6.45, 7) is 0.773. The second-order valence-electron chi connectivity index (χ2n) is 5.82. The van der Waals surface area contributed by atoms with E-state index >= 15 is 0 Å². The van der Waals surface area contributed by atoms with Crippen LogP contribution in [0.25, 0.3) is 0 Å². The van der Waals surface area contributed by atoms with Gasteiger partial charge in [0.25, 0.3) is 5.91 Å². The van der Waals surface area contributed by atoms with Crippen LogP contribution in [-0.4, -0.2) is 34.3 Å². The van der Waals surface area contributed by atoms with Gasteiger partial charge in [-0.25, -0.2) is 9.37 Å². The molecule has 1 aliphatic heterocycles. The number of hydrogen-bond acceptors (Lipinski definition) is 4. The predicted octanol–water partition coefficient (Wildman–Crippen LogP) is 1.62. The van der Waals surface area contributed by atoms with Crippen molar-refractivity contribution in [1.29, 1.82) is 5.26 Å². The fraction of sp³-hybridized carbons (Fsp3) is 0.222. The van der Waals surface area contributed by atoms with Crippen LogP contribution in [0.5, 0.6) is 0 Å². The number of carbonyl (C=O) groups excluding carboxylic acids is 2. The van der Waals surface area contributed by atoms with Crippen LogP contribution in [-0.2, 0) is 11.3 Å². The number of nitrogens with one attached hydrogen (secondary N) is 1. The summed E-state index contributed by atoms with van der Waals surface area (Å²) in [6.07, 6.45) is 1.55. The molecule has 126 valence electrons. The number of amides is 2. The van der Waals surface area contributed by atoms with E-state index in [2.05, 4.69) is 10.3 Å². The zero-order chi connectivity index (χ0) is 17.8. The van der Waals surface area contributed by atoms with Gasteiger partial charge in [0.15, 0.2) is 0 Å². The first-order valence-electron chi connectivity index (χ1n) is 7.74. The number of nitriles is 1. The summed E-state index contributed by atoms with van der Waals surface area (Å²) in [5.74, 6) is -0.719. The molecule has 0 radical (unpaired) electrons. The normalized spacial score (nSPS) is 16.6. The number of aromatic nitrogens is 1. The number of hydrogen-bond donors (Lipinski definition) is 1. The summed E-state index contributed by atoms with van der Waals surface area (Å²) < 4.78 is 12.9. The third kappa shape index (κ3) is 3.98. The van der Waals surface area contributed by atoms with E-state index in [1.54, 1.807) is 17.0 Å². The molecular weight excluding hydrogens is 323 g/mol. The minimum atomic E-state index is -0.335. The average molecular weight is 338 g/mol. The molecule has 0 bridgehead atoms. The molecule has 2 heterocycles. The lowest BCUT2D eigenvalue weighted by molar-refractivity contribution is -0.128. The molecule has 0 aliphatic carbocycles. The van der Waals surface area contributed by atoms with Crippen molar-refractivity contribution in [3.8, 4) is 6.07 Å². The fourth-order valence-corrected chi connectivity index (χ4v) is 2.69. The van der Waals surface area contributed by atoms with Crippen LogP contribution in [0.1, 0.15) is 28.0 Å². The van der Waals surface area contributed by atoms with Gasteiger partial charge >= 0.3 is 0 Å². The second kappa shape index (κ2) is 7.09. The molecule has 1 saturated heterocycles. The van der Waals surface area contributed by atoms with E-state index in [1.165, 1.54) is 30.5 Å². The molecule has 1 atom stereocenters. The molecule has 7 heteroatoms. The molecule has 1 aromatic carbocycles. The van der Waals surface area contributed by atoms with E-state index in [1.807, 2.05) is 6.07 Å². The maximum atomic E-state index is 12.9. The number of halogens is 1. The Bertz CT molecular complexity index is 828. The van der Waals surface area contributed by atoms with E-state index in [9.17, 15) is 14.0 Å². The Morgan fingerprint density at radius 1 is 1.32 bits per heavy atom. The Labute approximate surface area is 143 Å². The molecule has 1 aliphatic rings. The van der Waals surface area contributed by atoms with Crippen molar-refractivity contribution in [1.82, 2.24) is 15.2 Å². The van der Waals surface area contributed by atoms with Crippen LogP contribution in [0.3, 0.4) is 0 Å². The Kier molecular flexibility index (Phi) is 4.70. The first-order chi connectivity index (χ1) is 12.0. The smallest absolute Gasteiger partial charge is 0.253 e. The summed E-state index contributed by atoms with van der Waals surface area (Å²) in [7, 11) is 0. The molecule has 0 unspecified atom stereocenters. The highest BCUT2D eigenvalue weighted by molar-refractivity contribution is 5.94. The van der Waals surface area contributed by atoms with Crippen LogP contribution in [0, 0.1) is 17.1 Å². The van der Waals surface area contributed by atoms with Crippen molar-refractivity contribution in [3.05, 3.63) is 65.2 Å². The maximum absolute atomic E-state index is 12.9. The summed E-state index contributed by atoms with van der Waals surface area (Å²) in [5, 5.41) is 11.5. The fourth-order valence-electron chi connectivity index (χ4n) is 2.69. The summed E-state index contributed by atoms with van der Waals surface area (Å²) in [5.41, 5.74) is 1.40. The molecule has 1 aromatic heterocycles. The molecule has 1 fully saturated rings. The molecule has 0 saturated carbocycles. The molecule has 1 N–H and O–H groups in total. The van der Waals surface area contributed by atoms with Gasteiger partial charge in [0.2, 0.25) is 5.91 Å². The quantitative estimate of drug-likeness (QED) is 0.918. The van der Waals surface area contributed by atoms with Crippen molar-refractivity contribution in [3.63, 3.8) is 0 Å². The van der Waals surface area contributed by atoms with Gasteiger partial charge in [-0.3, -0.25) is 9.59 Å². The number of carbonyl (C=O) groups is 2. The van der Waals surface area contributed by atoms with E-state index in [0.29, 0.717) is 18.7 Å². The minimum Gasteiger partial charge on any atom is -0.347 e. The van der Waals surface area contributed by atoms with Gasteiger partial charge < -0.3 is 10.2 Å². The molecule has 2 aromatic rings. The highest BCUT2D eigenvalue weighted by atomic mass is 19.1. The number of benzene rings is 1. The van der Waals surface area contributed by atoms with Crippen LogP contribution >= 0.6 is 0 Å². The topological polar surface area (TPSA) is 86.1 Å². The lowest BCUT2D eigenvalue weighted by Gasteiger charge is -2.17. The Morgan fingerprint density at radius 2 is 2.08 bits per heavy atom. The van der Waals surface area contributed by atoms with Gasteiger partial charge in [-0.05, 0) is 29.8 Å². The Morgan fingerprint density at radius 3 is 2.72 bits per heavy atom. The van der Waals surface area contributed by atoms with Crippen molar-refractivity contribution in [2.24, 2.45) is 0 Å². The van der Waals surface area contributed by atoms with Crippen molar-refractivity contribution >= 4 is 11.8 Å². The lowest BCUT2D eigenvalue weighted by atomic mass is 10.2. The van der Waals surface area contributed by atoms with Crippen LogP contribution in [0.2, 0.25) is 0 Å². The number of nitrogens with zero attached hydrogens (tertiary/aromatic N) is 3. The monoisotopic (exact) mass is 338 g/mol. The van der Waals surface area contributed by atoms with Crippen molar-refractivity contribution in [2.75, 3.05) is 6.54 Å². The first-order valence-corrected chi connectivity index (χ1v) is 7.74. The van der Waals surface area contributed by atoms with Crippen molar-refractivity contribution in [2.45, 2.75) is 19.0 Å². The maximum Gasteiger partial charge on any atom is 0.253 e. The minimum absolute atomic E-state index is 0.0624. The van der Waals surface area contributed by atoms with Gasteiger partial charge in [0.1, 0.15) is 17.6 Å². The zero-order valence-electron chi connectivity index (χ0n) is 13.3. The molecule has 2 amide bonds. The molecule has 6 nitrogen and oxygen atoms in total. The standard InChI is InChI=1S/C18H15FN4O2/c19-14-4-1-12(2-5-14)10-23-11-16(7-17(23)24)22-18(25)13-3-6-15(8-20)21-9-13/h1-6,9,16H,7,10-11H2,(H,22,25)/t16-/m1/s1. The van der Waals surface area contributed by atoms with E-state index in [4.69, 9.17) is 5.26 Å². The second-order valence-corrected chi connectivity index (χ2v) is 5.82. The van der Waals surface area contributed by atoms with Gasteiger partial charge in [0.05, 0.1) is 11.6 Å².